The molecule has 9 aliphatic rings. The van der Waals surface area contributed by atoms with Crippen molar-refractivity contribution in [3.63, 3.8) is 0 Å². The molecule has 0 heterocycles. The average molecular weight is 2120 g/mol. The van der Waals surface area contributed by atoms with Crippen molar-refractivity contribution >= 4 is 89.1 Å². The van der Waals surface area contributed by atoms with Crippen LogP contribution in [0, 0.1) is 42.4 Å². The van der Waals surface area contributed by atoms with Gasteiger partial charge in [0.1, 0.15) is 17.8 Å². The van der Waals surface area contributed by atoms with Gasteiger partial charge in [0.25, 0.3) is 0 Å². The Morgan fingerprint density at radius 2 is 0.688 bits per heavy atom. The van der Waals surface area contributed by atoms with Crippen LogP contribution in [0.1, 0.15) is 207 Å². The second kappa shape index (κ2) is 46.4. The molecule has 9 saturated carbocycles. The van der Waals surface area contributed by atoms with Gasteiger partial charge in [0.05, 0.1) is 42.7 Å². The fourth-order valence-electron chi connectivity index (χ4n) is 20.9. The van der Waals surface area contributed by atoms with Crippen LogP contribution in [0.25, 0.3) is 4.13 Å². The summed E-state index contributed by atoms with van der Waals surface area (Å²) in [5.41, 5.74) is 1.93. The number of aryl methyl sites for hydroxylation is 1. The Labute approximate surface area is 827 Å². The molecule has 0 amide bonds. The lowest BCUT2D eigenvalue weighted by Crippen LogP contribution is -2.61. The maximum absolute atomic E-state index is 15.2. The van der Waals surface area contributed by atoms with Crippen LogP contribution in [0.5, 0.6) is 5.75 Å². The lowest BCUT2D eigenvalue weighted by molar-refractivity contribution is -0.245. The Bertz CT molecular complexity index is 5960. The predicted octanol–water partition coefficient (Wildman–Crippen LogP) is 27.6. The van der Waals surface area contributed by atoms with Crippen molar-refractivity contribution in [3.8, 4) is 5.75 Å². The second-order valence-electron chi connectivity index (χ2n) is 37.5. The lowest BCUT2D eigenvalue weighted by Gasteiger charge is -2.55. The van der Waals surface area contributed by atoms with E-state index in [0.717, 1.165) is 102 Å². The summed E-state index contributed by atoms with van der Waals surface area (Å²) < 4.78 is 312. The standard InChI is InChI=1S/C28H38F6NO7S3.C19H17S.2C18H15S.C13H18F2O5S.C9H12F4O3S/c1-43(36,37)35-44(38,39)27(31,32)26(29,30)28(33,34)45(40,41)42-25-23(20-13-7-3-8-14-20)17-22(19-11-5-2-6-12-19)18-24(25)21-15-9-4-10-16-21;1-16-12-14-19(15-13-16)20(17-8-4-2-5-9-17)18-10-6-3-7-11-18;2*1-4-10-16(11-5-1)19(17-12-6-2-7-13-17)18-14-8-3-9-15-18;14-13(15,21(17,18)19)7-11(16)20-12-4-8-1-9(5-12)3-10(2-8)6-12;10-8(11,9(12,13)17(14,15)16)7-4-5-1-2-6(7)3-5/h17-21H,2-16H2,1H3;2-15H,1H3;2*1-15H;8-10H,1-7H2,(H,17,18,19);5-7H,1-4H2,(H,14,15,16)/q-1;3*+1;;. The van der Waals surface area contributed by atoms with Crippen molar-refractivity contribution in [3.05, 3.63) is 305 Å². The third kappa shape index (κ3) is 26.6. The topological polar surface area (TPSA) is 261 Å². The molecule has 16 nitrogen and oxygen atoms in total. The summed E-state index contributed by atoms with van der Waals surface area (Å²) in [6.07, 6.45) is 16.6. The first-order chi connectivity index (χ1) is 66.6. The van der Waals surface area contributed by atoms with E-state index >= 15 is 8.78 Å². The minimum atomic E-state index is -7.21. The fourth-order valence-corrected chi connectivity index (χ4v) is 31.3. The maximum Gasteiger partial charge on any atom is 0.450 e. The summed E-state index contributed by atoms with van der Waals surface area (Å²) in [5.74, 6) is -15.2. The highest BCUT2D eigenvalue weighted by molar-refractivity contribution is 8.12. The molecule has 3 atom stereocenters. The normalized spacial score (nSPS) is 21.0. The molecule has 141 heavy (non-hydrogen) atoms. The molecule has 10 aromatic carbocycles. The molecule has 0 aliphatic heterocycles. The third-order valence-corrected chi connectivity index (χ3v) is 39.7. The van der Waals surface area contributed by atoms with E-state index in [2.05, 4.69) is 274 Å². The average Bonchev–Trinajstić information content (AvgIpc) is 1.21. The zero-order valence-electron chi connectivity index (χ0n) is 77.6. The van der Waals surface area contributed by atoms with Gasteiger partial charge in [-0.1, -0.05) is 240 Å². The van der Waals surface area contributed by atoms with E-state index in [9.17, 15) is 90.8 Å². The summed E-state index contributed by atoms with van der Waals surface area (Å²) in [7, 11) is -31.3. The predicted molar refractivity (Wildman–Crippen MR) is 523 cm³/mol. The molecule has 760 valence electrons. The number of fused-ring (bicyclic) bond motifs is 2. The number of carbonyl (C=O) groups excluding carboxylic acids is 1. The van der Waals surface area contributed by atoms with Crippen LogP contribution in [0.3, 0.4) is 0 Å². The molecule has 6 bridgehead atoms. The Kier molecular flexibility index (Phi) is 36.0. The van der Waals surface area contributed by atoms with Gasteiger partial charge in [0.2, 0.25) is 0 Å². The van der Waals surface area contributed by atoms with E-state index in [1.165, 1.54) is 49.6 Å². The van der Waals surface area contributed by atoms with E-state index in [1.54, 1.807) is 16.3 Å². The second-order valence-corrected chi connectivity index (χ2v) is 51.7. The van der Waals surface area contributed by atoms with Gasteiger partial charge in [-0.05, 0) is 276 Å². The zero-order chi connectivity index (χ0) is 102. The lowest BCUT2D eigenvalue weighted by atomic mass is 9.54. The number of rotatable bonds is 27. The molecule has 36 heteroatoms. The van der Waals surface area contributed by atoms with Gasteiger partial charge >= 0.3 is 69.2 Å². The molecule has 0 saturated heterocycles. The number of benzene rings is 10. The molecule has 19 rings (SSSR count). The number of hydrogen-bond acceptors (Lipinski definition) is 13. The molecule has 10 aromatic rings. The summed E-state index contributed by atoms with van der Waals surface area (Å²) in [4.78, 5) is 24.0. The van der Waals surface area contributed by atoms with Gasteiger partial charge in [-0.25, -0.2) is 16.8 Å². The first kappa shape index (κ1) is 110. The van der Waals surface area contributed by atoms with Crippen LogP contribution in [0.2, 0.25) is 0 Å². The highest BCUT2D eigenvalue weighted by Gasteiger charge is 2.82. The third-order valence-electron chi connectivity index (χ3n) is 27.2. The number of sulfonamides is 2. The monoisotopic (exact) mass is 2110 g/mol. The van der Waals surface area contributed by atoms with Crippen LogP contribution in [-0.4, -0.2) is 102 Å². The van der Waals surface area contributed by atoms with E-state index in [-0.39, 0.29) is 80.2 Å². The van der Waals surface area contributed by atoms with Crippen LogP contribution in [-0.2, 0) is 92.6 Å². The van der Waals surface area contributed by atoms with Crippen molar-refractivity contribution in [2.45, 2.75) is 274 Å². The summed E-state index contributed by atoms with van der Waals surface area (Å²) in [5, 5.41) is -23.7. The van der Waals surface area contributed by atoms with Gasteiger partial charge in [0.15, 0.2) is 54.1 Å². The van der Waals surface area contributed by atoms with Crippen LogP contribution < -0.4 is 4.18 Å². The van der Waals surface area contributed by atoms with Gasteiger partial charge in [-0.3, -0.25) is 13.9 Å². The number of esters is 1. The highest BCUT2D eigenvalue weighted by atomic mass is 32.3. The molecular weight excluding hydrogens is 2000 g/mol. The van der Waals surface area contributed by atoms with E-state index < -0.39 is 119 Å². The minimum Gasteiger partial charge on any atom is -0.459 e. The Hall–Kier alpha value is -8.69. The molecule has 9 fully saturated rings. The van der Waals surface area contributed by atoms with E-state index in [1.807, 2.05) is 0 Å². The van der Waals surface area contributed by atoms with Gasteiger partial charge < -0.3 is 13.0 Å². The molecule has 2 N–H and O–H groups in total. The number of nitrogens with zero attached hydrogens (tertiary/aromatic N) is 1. The molecule has 3 unspecified atom stereocenters. The SMILES string of the molecule is CS(=O)(=O)[N-]S(=O)(=O)C(F)(F)C(F)(F)C(F)(F)S(=O)(=O)Oc1c(C2CCCCC2)cc(C2CCCCC2)cc1C1CCCCC1.Cc1ccc([S+](c2ccccc2)c2ccccc2)cc1.O=C(CC(F)(F)S(=O)(=O)O)OC12CC3CC(CC(C3)C1)C2.O=S(=O)(O)C(F)(F)C(F)(F)C1CC2CCC1C2.c1ccc([S+](c2ccccc2)c2ccccc2)cc1.c1ccc([S+](c2ccccc2)c2ccccc2)cc1. The minimum absolute atomic E-state index is 0.0146. The summed E-state index contributed by atoms with van der Waals surface area (Å²) in [6.45, 7) is 2.13. The molecule has 0 radical (unpaired) electrons. The van der Waals surface area contributed by atoms with E-state index in [4.69, 9.17) is 18.0 Å². The highest BCUT2D eigenvalue weighted by Crippen LogP contribution is 2.61. The number of alkyl halides is 12. The van der Waals surface area contributed by atoms with Crippen LogP contribution >= 0.6 is 0 Å². The summed E-state index contributed by atoms with van der Waals surface area (Å²) in [6, 6.07) is 98.0. The Morgan fingerprint density at radius 1 is 0.376 bits per heavy atom. The molecule has 9 aliphatic carbocycles. The Balaban J connectivity index is 0.000000149. The molecule has 0 aromatic heterocycles. The van der Waals surface area contributed by atoms with Gasteiger partial charge in [0, 0.05) is 12.2 Å². The Morgan fingerprint density at radius 3 is 0.972 bits per heavy atom. The zero-order valence-corrected chi connectivity index (χ0v) is 84.1. The molecule has 0 spiro atoms. The van der Waals surface area contributed by atoms with Gasteiger partial charge in [-0.2, -0.15) is 77.9 Å². The van der Waals surface area contributed by atoms with Crippen molar-refractivity contribution < 1.29 is 118 Å². The van der Waals surface area contributed by atoms with Gasteiger partial charge in [-0.15, -0.1) is 0 Å². The number of halogens is 12. The quantitative estimate of drug-likeness (QED) is 0.0159. The smallest absolute Gasteiger partial charge is 0.450 e. The fraction of sp³-hybridized carbons (Fsp3) is 0.419. The van der Waals surface area contributed by atoms with Crippen molar-refractivity contribution in [1.29, 1.82) is 0 Å². The largest absolute Gasteiger partial charge is 0.459 e. The first-order valence-corrected chi connectivity index (χ1v) is 58.3. The van der Waals surface area contributed by atoms with E-state index in [0.29, 0.717) is 75.5 Å². The van der Waals surface area contributed by atoms with Crippen LogP contribution in [0.4, 0.5) is 52.7 Å². The maximum atomic E-state index is 15.2. The van der Waals surface area contributed by atoms with Crippen molar-refractivity contribution in [2.75, 3.05) is 6.26 Å². The number of hydrogen-bond donors (Lipinski definition) is 2. The van der Waals surface area contributed by atoms with Crippen molar-refractivity contribution in [2.24, 2.45) is 35.5 Å². The molecular formula is C105H115F12NO15S8+2. The number of ether oxygens (including phenoxy) is 1. The number of carbonyl (C=O) groups is 1. The van der Waals surface area contributed by atoms with Crippen LogP contribution in [0.15, 0.2) is 323 Å². The van der Waals surface area contributed by atoms with Crippen molar-refractivity contribution in [1.82, 2.24) is 0 Å². The summed E-state index contributed by atoms with van der Waals surface area (Å²) >= 11 is 0. The first-order valence-electron chi connectivity index (χ1n) is 47.1.